The Balaban J connectivity index is 1.63. The van der Waals surface area contributed by atoms with Gasteiger partial charge in [0.15, 0.2) is 11.5 Å². The molecule has 144 valence electrons. The van der Waals surface area contributed by atoms with Crippen LogP contribution in [0.5, 0.6) is 11.5 Å². The SMILES string of the molecule is C=CCOc1ccc(C(=O)NCc2cccc(Cn3cncn3)c2)cc1OC. The molecule has 3 rings (SSSR count). The van der Waals surface area contributed by atoms with Crippen LogP contribution in [0, 0.1) is 0 Å². The lowest BCUT2D eigenvalue weighted by atomic mass is 10.1. The highest BCUT2D eigenvalue weighted by atomic mass is 16.5. The van der Waals surface area contributed by atoms with Crippen molar-refractivity contribution in [3.63, 3.8) is 0 Å². The summed E-state index contributed by atoms with van der Waals surface area (Å²) in [5.41, 5.74) is 2.59. The molecule has 0 aliphatic heterocycles. The number of carbonyl (C=O) groups is 1. The van der Waals surface area contributed by atoms with Crippen molar-refractivity contribution in [3.05, 3.63) is 84.5 Å². The third-order valence-electron chi connectivity index (χ3n) is 4.04. The van der Waals surface area contributed by atoms with Crippen LogP contribution in [0.1, 0.15) is 21.5 Å². The Hall–Kier alpha value is -3.61. The van der Waals surface area contributed by atoms with Gasteiger partial charge < -0.3 is 14.8 Å². The van der Waals surface area contributed by atoms with Crippen molar-refractivity contribution in [2.75, 3.05) is 13.7 Å². The molecule has 0 spiro atoms. The molecule has 0 saturated carbocycles. The molecule has 1 heterocycles. The first-order valence-electron chi connectivity index (χ1n) is 8.79. The van der Waals surface area contributed by atoms with Crippen molar-refractivity contribution in [2.24, 2.45) is 0 Å². The van der Waals surface area contributed by atoms with Crippen LogP contribution < -0.4 is 14.8 Å². The molecule has 0 fully saturated rings. The van der Waals surface area contributed by atoms with E-state index in [4.69, 9.17) is 9.47 Å². The summed E-state index contributed by atoms with van der Waals surface area (Å²) >= 11 is 0. The van der Waals surface area contributed by atoms with E-state index in [1.807, 2.05) is 24.3 Å². The van der Waals surface area contributed by atoms with Crippen LogP contribution in [0.15, 0.2) is 67.8 Å². The van der Waals surface area contributed by atoms with E-state index in [1.165, 1.54) is 6.33 Å². The van der Waals surface area contributed by atoms with E-state index >= 15 is 0 Å². The van der Waals surface area contributed by atoms with Crippen LogP contribution in [-0.4, -0.2) is 34.4 Å². The van der Waals surface area contributed by atoms with E-state index in [9.17, 15) is 4.79 Å². The van der Waals surface area contributed by atoms with Gasteiger partial charge in [-0.05, 0) is 29.3 Å². The largest absolute Gasteiger partial charge is 0.493 e. The topological polar surface area (TPSA) is 78.3 Å². The minimum atomic E-state index is -0.185. The number of nitrogens with one attached hydrogen (secondary N) is 1. The average Bonchev–Trinajstić information content (AvgIpc) is 3.23. The number of ether oxygens (including phenoxy) is 2. The Morgan fingerprint density at radius 1 is 1.21 bits per heavy atom. The van der Waals surface area contributed by atoms with Gasteiger partial charge in [-0.2, -0.15) is 5.10 Å². The second kappa shape index (κ2) is 9.36. The predicted molar refractivity (Wildman–Crippen MR) is 105 cm³/mol. The van der Waals surface area contributed by atoms with Gasteiger partial charge in [0.05, 0.1) is 13.7 Å². The molecule has 3 aromatic rings. The minimum absolute atomic E-state index is 0.185. The molecule has 0 radical (unpaired) electrons. The van der Waals surface area contributed by atoms with Crippen molar-refractivity contribution < 1.29 is 14.3 Å². The van der Waals surface area contributed by atoms with E-state index < -0.39 is 0 Å². The maximum absolute atomic E-state index is 12.5. The van der Waals surface area contributed by atoms with Gasteiger partial charge in [0.25, 0.3) is 5.91 Å². The number of benzene rings is 2. The first kappa shape index (κ1) is 19.2. The molecule has 0 bridgehead atoms. The van der Waals surface area contributed by atoms with Gasteiger partial charge >= 0.3 is 0 Å². The first-order chi connectivity index (χ1) is 13.7. The van der Waals surface area contributed by atoms with Gasteiger partial charge in [-0.25, -0.2) is 9.67 Å². The van der Waals surface area contributed by atoms with Crippen LogP contribution in [0.3, 0.4) is 0 Å². The van der Waals surface area contributed by atoms with E-state index in [2.05, 4.69) is 22.0 Å². The summed E-state index contributed by atoms with van der Waals surface area (Å²) in [6.45, 7) is 5.03. The first-order valence-corrected chi connectivity index (χ1v) is 8.79. The number of nitrogens with zero attached hydrogens (tertiary/aromatic N) is 3. The summed E-state index contributed by atoms with van der Waals surface area (Å²) in [4.78, 5) is 16.4. The van der Waals surface area contributed by atoms with Gasteiger partial charge in [0, 0.05) is 12.1 Å². The van der Waals surface area contributed by atoms with E-state index in [1.54, 1.807) is 42.4 Å². The highest BCUT2D eigenvalue weighted by Gasteiger charge is 2.11. The molecule has 2 aromatic carbocycles. The lowest BCUT2D eigenvalue weighted by molar-refractivity contribution is 0.0950. The van der Waals surface area contributed by atoms with Crippen molar-refractivity contribution in [3.8, 4) is 11.5 Å². The maximum Gasteiger partial charge on any atom is 0.251 e. The second-order valence-corrected chi connectivity index (χ2v) is 6.06. The van der Waals surface area contributed by atoms with E-state index in [-0.39, 0.29) is 5.91 Å². The van der Waals surface area contributed by atoms with Crippen LogP contribution in [0.25, 0.3) is 0 Å². The highest BCUT2D eigenvalue weighted by Crippen LogP contribution is 2.28. The number of rotatable bonds is 9. The number of hydrogen-bond acceptors (Lipinski definition) is 5. The van der Waals surface area contributed by atoms with Crippen LogP contribution in [0.4, 0.5) is 0 Å². The molecule has 7 nitrogen and oxygen atoms in total. The number of amides is 1. The predicted octanol–water partition coefficient (Wildman–Crippen LogP) is 2.83. The van der Waals surface area contributed by atoms with Gasteiger partial charge in [0.2, 0.25) is 0 Å². The fraction of sp³-hybridized carbons (Fsp3) is 0.190. The zero-order valence-corrected chi connectivity index (χ0v) is 15.7. The second-order valence-electron chi connectivity index (χ2n) is 6.06. The molecule has 1 aromatic heterocycles. The highest BCUT2D eigenvalue weighted by molar-refractivity contribution is 5.94. The number of carbonyl (C=O) groups excluding carboxylic acids is 1. The lowest BCUT2D eigenvalue weighted by Gasteiger charge is -2.12. The molecule has 7 heteroatoms. The van der Waals surface area contributed by atoms with E-state index in [0.717, 1.165) is 11.1 Å². The van der Waals surface area contributed by atoms with Gasteiger partial charge in [-0.15, -0.1) is 0 Å². The molecule has 0 aliphatic carbocycles. The van der Waals surface area contributed by atoms with Crippen LogP contribution in [-0.2, 0) is 13.1 Å². The molecular weight excluding hydrogens is 356 g/mol. The average molecular weight is 378 g/mol. The number of aromatic nitrogens is 3. The summed E-state index contributed by atoms with van der Waals surface area (Å²) < 4.78 is 12.6. The Kier molecular flexibility index (Phi) is 6.41. The fourth-order valence-corrected chi connectivity index (χ4v) is 2.70. The summed E-state index contributed by atoms with van der Waals surface area (Å²) in [6, 6.07) is 13.1. The fourth-order valence-electron chi connectivity index (χ4n) is 2.70. The Morgan fingerprint density at radius 3 is 2.82 bits per heavy atom. The maximum atomic E-state index is 12.5. The van der Waals surface area contributed by atoms with Gasteiger partial charge in [-0.1, -0.05) is 36.9 Å². The Bertz CT molecular complexity index is 939. The standard InChI is InChI=1S/C21H22N4O3/c1-3-9-28-19-8-7-18(11-20(19)27-2)21(26)23-12-16-5-4-6-17(10-16)13-25-15-22-14-24-25/h3-8,10-11,14-15H,1,9,12-13H2,2H3,(H,23,26). The Labute approximate surface area is 163 Å². The molecule has 0 saturated heterocycles. The van der Waals surface area contributed by atoms with Crippen molar-refractivity contribution in [2.45, 2.75) is 13.1 Å². The monoisotopic (exact) mass is 378 g/mol. The molecular formula is C21H22N4O3. The van der Waals surface area contributed by atoms with E-state index in [0.29, 0.717) is 36.8 Å². The zero-order chi connectivity index (χ0) is 19.8. The molecule has 28 heavy (non-hydrogen) atoms. The van der Waals surface area contributed by atoms with Crippen LogP contribution >= 0.6 is 0 Å². The Morgan fingerprint density at radius 2 is 2.07 bits per heavy atom. The molecule has 1 N–H and O–H groups in total. The smallest absolute Gasteiger partial charge is 0.251 e. The quantitative estimate of drug-likeness (QED) is 0.579. The summed E-state index contributed by atoms with van der Waals surface area (Å²) in [6.07, 6.45) is 4.83. The van der Waals surface area contributed by atoms with Gasteiger partial charge in [-0.3, -0.25) is 4.79 Å². The molecule has 0 aliphatic rings. The molecule has 0 unspecified atom stereocenters. The normalized spacial score (nSPS) is 10.3. The third-order valence-corrected chi connectivity index (χ3v) is 4.04. The number of methoxy groups -OCH3 is 1. The molecule has 1 amide bonds. The summed E-state index contributed by atoms with van der Waals surface area (Å²) in [5.74, 6) is 0.888. The van der Waals surface area contributed by atoms with Crippen LogP contribution in [0.2, 0.25) is 0 Å². The number of hydrogen-bond donors (Lipinski definition) is 1. The minimum Gasteiger partial charge on any atom is -0.493 e. The van der Waals surface area contributed by atoms with Crippen molar-refractivity contribution in [1.82, 2.24) is 20.1 Å². The third kappa shape index (κ3) is 4.97. The molecule has 0 atom stereocenters. The van der Waals surface area contributed by atoms with Crippen molar-refractivity contribution in [1.29, 1.82) is 0 Å². The zero-order valence-electron chi connectivity index (χ0n) is 15.7. The van der Waals surface area contributed by atoms with Crippen molar-refractivity contribution >= 4 is 5.91 Å². The van der Waals surface area contributed by atoms with Gasteiger partial charge in [0.1, 0.15) is 19.3 Å². The summed E-state index contributed by atoms with van der Waals surface area (Å²) in [7, 11) is 1.54. The lowest BCUT2D eigenvalue weighted by Crippen LogP contribution is -2.23. The summed E-state index contributed by atoms with van der Waals surface area (Å²) in [5, 5.41) is 7.03.